The molecule has 0 spiro atoms. The molecular formula is C38H33N2O2P. The number of hydrogen-bond acceptors (Lipinski definition) is 4. The van der Waals surface area contributed by atoms with E-state index in [1.807, 2.05) is 24.3 Å². The zero-order valence-electron chi connectivity index (χ0n) is 23.8. The van der Waals surface area contributed by atoms with E-state index in [0.29, 0.717) is 0 Å². The molecule has 212 valence electrons. The lowest BCUT2D eigenvalue weighted by atomic mass is 9.97. The van der Waals surface area contributed by atoms with Crippen molar-refractivity contribution in [2.45, 2.75) is 24.3 Å². The molecule has 0 fully saturated rings. The smallest absolute Gasteiger partial charge is 0.189 e. The lowest BCUT2D eigenvalue weighted by Gasteiger charge is -2.21. The Labute approximate surface area is 254 Å². The van der Waals surface area contributed by atoms with Crippen LogP contribution in [0.5, 0.6) is 0 Å². The maximum Gasteiger partial charge on any atom is 0.189 e. The standard InChI is InChI=1S/C38H33N2O2P/c1-6-16-28(17-7-1)35-37(30-20-10-3-11-21-30)41-33(39-35)26-43(32-24-14-5-15-25-32)27-34-40-36(29-18-8-2-9-19-29)38(42-34)31-22-12-4-13-23-31/h1-25,35-38H,26-27H2/t35-,36-,37+,38+/m1/s1. The molecule has 0 saturated carbocycles. The highest BCUT2D eigenvalue weighted by Crippen LogP contribution is 2.46. The number of rotatable bonds is 9. The lowest BCUT2D eigenvalue weighted by Crippen LogP contribution is -2.18. The Hall–Kier alpha value is -4.53. The molecular weight excluding hydrogens is 547 g/mol. The quantitative estimate of drug-likeness (QED) is 0.164. The summed E-state index contributed by atoms with van der Waals surface area (Å²) < 4.78 is 13.4. The summed E-state index contributed by atoms with van der Waals surface area (Å²) in [4.78, 5) is 10.4. The highest BCUT2D eigenvalue weighted by atomic mass is 31.1. The first-order valence-electron chi connectivity index (χ1n) is 14.8. The largest absolute Gasteiger partial charge is 0.470 e. The van der Waals surface area contributed by atoms with Gasteiger partial charge in [-0.1, -0.05) is 160 Å². The predicted molar refractivity (Wildman–Crippen MR) is 177 cm³/mol. The van der Waals surface area contributed by atoms with Gasteiger partial charge < -0.3 is 9.47 Å². The van der Waals surface area contributed by atoms with Gasteiger partial charge in [-0.3, -0.25) is 0 Å². The number of ether oxygens (including phenoxy) is 2. The highest BCUT2D eigenvalue weighted by molar-refractivity contribution is 7.67. The van der Waals surface area contributed by atoms with E-state index in [4.69, 9.17) is 19.5 Å². The van der Waals surface area contributed by atoms with Crippen molar-refractivity contribution in [1.82, 2.24) is 0 Å². The molecule has 0 bridgehead atoms. The molecule has 5 aromatic rings. The van der Waals surface area contributed by atoms with Gasteiger partial charge in [-0.2, -0.15) is 0 Å². The van der Waals surface area contributed by atoms with E-state index in [9.17, 15) is 0 Å². The van der Waals surface area contributed by atoms with E-state index in [1.54, 1.807) is 0 Å². The first kappa shape index (κ1) is 27.3. The SMILES string of the molecule is c1ccc([C@H]2N=C(CP(CC3=N[C@H](c4ccccc4)[C@H](c4ccccc4)O3)c3ccccc3)O[C@H]2c2ccccc2)cc1. The molecule has 0 unspecified atom stereocenters. The zero-order valence-corrected chi connectivity index (χ0v) is 24.7. The Kier molecular flexibility index (Phi) is 8.11. The maximum atomic E-state index is 6.70. The van der Waals surface area contributed by atoms with Gasteiger partial charge in [0.1, 0.15) is 12.1 Å². The number of hydrogen-bond donors (Lipinski definition) is 0. The molecule has 43 heavy (non-hydrogen) atoms. The van der Waals surface area contributed by atoms with Gasteiger partial charge in [0.25, 0.3) is 0 Å². The van der Waals surface area contributed by atoms with Crippen LogP contribution in [0.1, 0.15) is 46.5 Å². The minimum Gasteiger partial charge on any atom is -0.470 e. The van der Waals surface area contributed by atoms with Gasteiger partial charge in [-0.25, -0.2) is 9.98 Å². The van der Waals surface area contributed by atoms with E-state index in [2.05, 4.69) is 127 Å². The van der Waals surface area contributed by atoms with Gasteiger partial charge in [0.15, 0.2) is 24.0 Å². The Morgan fingerprint density at radius 1 is 0.419 bits per heavy atom. The summed E-state index contributed by atoms with van der Waals surface area (Å²) in [7, 11) is -0.741. The predicted octanol–water partition coefficient (Wildman–Crippen LogP) is 8.62. The fourth-order valence-electron chi connectivity index (χ4n) is 5.87. The fourth-order valence-corrected chi connectivity index (χ4v) is 7.91. The summed E-state index contributed by atoms with van der Waals surface area (Å²) >= 11 is 0. The summed E-state index contributed by atoms with van der Waals surface area (Å²) in [6.45, 7) is 0. The molecule has 0 aromatic heterocycles. The minimum atomic E-state index is -0.741. The van der Waals surface area contributed by atoms with Crippen LogP contribution < -0.4 is 5.30 Å². The van der Waals surface area contributed by atoms with E-state index < -0.39 is 7.92 Å². The first-order chi connectivity index (χ1) is 21.3. The van der Waals surface area contributed by atoms with Crippen molar-refractivity contribution in [3.05, 3.63) is 174 Å². The second-order valence-electron chi connectivity index (χ2n) is 10.8. The number of aliphatic imine (C=N–C) groups is 2. The van der Waals surface area contributed by atoms with Gasteiger partial charge >= 0.3 is 0 Å². The molecule has 2 aliphatic rings. The van der Waals surface area contributed by atoms with Gasteiger partial charge in [-0.15, -0.1) is 0 Å². The van der Waals surface area contributed by atoms with E-state index in [0.717, 1.165) is 46.4 Å². The zero-order chi connectivity index (χ0) is 28.8. The average Bonchev–Trinajstić information content (AvgIpc) is 3.71. The molecule has 0 aliphatic carbocycles. The summed E-state index contributed by atoms with van der Waals surface area (Å²) in [6.07, 6.45) is 1.13. The highest BCUT2D eigenvalue weighted by Gasteiger charge is 2.37. The van der Waals surface area contributed by atoms with Crippen LogP contribution in [0.4, 0.5) is 0 Å². The topological polar surface area (TPSA) is 43.2 Å². The second-order valence-corrected chi connectivity index (χ2v) is 13.1. The minimum absolute atomic E-state index is 0.0868. The van der Waals surface area contributed by atoms with Crippen molar-refractivity contribution in [3.8, 4) is 0 Å². The lowest BCUT2D eigenvalue weighted by molar-refractivity contribution is 0.195. The molecule has 2 heterocycles. The fraction of sp³-hybridized carbons (Fsp3) is 0.158. The van der Waals surface area contributed by atoms with Gasteiger partial charge in [-0.05, 0) is 27.6 Å². The van der Waals surface area contributed by atoms with Crippen LogP contribution in [0.15, 0.2) is 162 Å². The first-order valence-corrected chi connectivity index (χ1v) is 16.5. The van der Waals surface area contributed by atoms with Gasteiger partial charge in [0, 0.05) is 12.3 Å². The van der Waals surface area contributed by atoms with Crippen molar-refractivity contribution < 1.29 is 9.47 Å². The van der Waals surface area contributed by atoms with Crippen molar-refractivity contribution in [1.29, 1.82) is 0 Å². The summed E-state index contributed by atoms with van der Waals surface area (Å²) in [5.74, 6) is 1.60. The molecule has 5 aromatic carbocycles. The molecule has 0 radical (unpaired) electrons. The monoisotopic (exact) mass is 580 g/mol. The normalized spacial score (nSPS) is 21.1. The van der Waals surface area contributed by atoms with Crippen LogP contribution in [0.2, 0.25) is 0 Å². The van der Waals surface area contributed by atoms with E-state index >= 15 is 0 Å². The van der Waals surface area contributed by atoms with Crippen molar-refractivity contribution >= 4 is 25.0 Å². The number of nitrogens with zero attached hydrogens (tertiary/aromatic N) is 2. The van der Waals surface area contributed by atoms with Crippen molar-refractivity contribution in [3.63, 3.8) is 0 Å². The third-order valence-corrected chi connectivity index (χ3v) is 10.3. The molecule has 4 atom stereocenters. The summed E-state index contributed by atoms with van der Waals surface area (Å²) in [5.41, 5.74) is 4.60. The summed E-state index contributed by atoms with van der Waals surface area (Å²) in [6, 6.07) is 52.4. The third kappa shape index (κ3) is 6.16. The Balaban J connectivity index is 1.19. The van der Waals surface area contributed by atoms with Crippen LogP contribution in [-0.4, -0.2) is 24.1 Å². The Morgan fingerprint density at radius 3 is 1.12 bits per heavy atom. The molecule has 2 aliphatic heterocycles. The van der Waals surface area contributed by atoms with Gasteiger partial charge in [0.2, 0.25) is 0 Å². The van der Waals surface area contributed by atoms with Crippen LogP contribution in [-0.2, 0) is 9.47 Å². The van der Waals surface area contributed by atoms with Crippen LogP contribution in [0, 0.1) is 0 Å². The van der Waals surface area contributed by atoms with E-state index in [1.165, 1.54) is 5.30 Å². The Bertz CT molecular complexity index is 1570. The van der Waals surface area contributed by atoms with Crippen LogP contribution in [0.25, 0.3) is 0 Å². The van der Waals surface area contributed by atoms with E-state index in [-0.39, 0.29) is 24.3 Å². The van der Waals surface area contributed by atoms with Crippen LogP contribution in [0.3, 0.4) is 0 Å². The maximum absolute atomic E-state index is 6.70. The molecule has 5 heteroatoms. The Morgan fingerprint density at radius 2 is 0.744 bits per heavy atom. The molecule has 7 rings (SSSR count). The molecule has 0 N–H and O–H groups in total. The summed E-state index contributed by atoms with van der Waals surface area (Å²) in [5, 5.41) is 1.29. The van der Waals surface area contributed by atoms with Gasteiger partial charge in [0.05, 0.1) is 0 Å². The molecule has 0 amide bonds. The average molecular weight is 581 g/mol. The second kappa shape index (κ2) is 12.8. The molecule has 4 nitrogen and oxygen atoms in total. The van der Waals surface area contributed by atoms with Crippen molar-refractivity contribution in [2.24, 2.45) is 9.98 Å². The van der Waals surface area contributed by atoms with Crippen LogP contribution >= 0.6 is 7.92 Å². The third-order valence-electron chi connectivity index (χ3n) is 7.98. The number of benzene rings is 5. The molecule has 0 saturated heterocycles. The van der Waals surface area contributed by atoms with Crippen molar-refractivity contribution in [2.75, 3.05) is 12.3 Å².